The first-order valence-corrected chi connectivity index (χ1v) is 5.42. The fourth-order valence-corrected chi connectivity index (χ4v) is 1.56. The van der Waals surface area contributed by atoms with Crippen molar-refractivity contribution in [3.05, 3.63) is 23.8 Å². The summed E-state index contributed by atoms with van der Waals surface area (Å²) in [6.07, 6.45) is 0.785. The molecule has 1 aromatic rings. The Hall–Kier alpha value is -1.75. The minimum atomic E-state index is -1.33. The van der Waals surface area contributed by atoms with E-state index in [2.05, 4.69) is 5.32 Å². The number of hydrogen-bond donors (Lipinski definition) is 4. The first kappa shape index (κ1) is 13.3. The third-order valence-electron chi connectivity index (χ3n) is 2.64. The van der Waals surface area contributed by atoms with Crippen molar-refractivity contribution < 1.29 is 20.1 Å². The van der Waals surface area contributed by atoms with Crippen LogP contribution in [0.4, 0.5) is 0 Å². The van der Waals surface area contributed by atoms with Crippen molar-refractivity contribution in [3.8, 4) is 11.5 Å². The minimum Gasteiger partial charge on any atom is -0.508 e. The van der Waals surface area contributed by atoms with Gasteiger partial charge in [0.1, 0.15) is 17.0 Å². The number of aromatic hydroxyl groups is 2. The fraction of sp³-hybridized carbons (Fsp3) is 0.417. The number of carboxylic acid groups (broad SMARTS) is 1. The van der Waals surface area contributed by atoms with Gasteiger partial charge in [-0.3, -0.25) is 5.32 Å². The Morgan fingerprint density at radius 2 is 1.82 bits per heavy atom. The molecule has 5 nitrogen and oxygen atoms in total. The Morgan fingerprint density at radius 1 is 1.29 bits per heavy atom. The van der Waals surface area contributed by atoms with Crippen LogP contribution in [0.15, 0.2) is 18.2 Å². The molecule has 1 rings (SSSR count). The molecule has 0 aromatic heterocycles. The van der Waals surface area contributed by atoms with Gasteiger partial charge in [-0.15, -0.1) is 0 Å². The SMILES string of the molecule is CCCNC(C)(C(=O)O)c1cc(O)cc(O)c1. The molecule has 94 valence electrons. The van der Waals surface area contributed by atoms with Crippen LogP contribution in [0.1, 0.15) is 25.8 Å². The Balaban J connectivity index is 3.17. The molecule has 0 aliphatic carbocycles. The first-order valence-electron chi connectivity index (χ1n) is 5.42. The number of rotatable bonds is 5. The monoisotopic (exact) mass is 239 g/mol. The predicted octanol–water partition coefficient (Wildman–Crippen LogP) is 1.40. The van der Waals surface area contributed by atoms with Crippen molar-refractivity contribution >= 4 is 5.97 Å². The van der Waals surface area contributed by atoms with Gasteiger partial charge in [0.15, 0.2) is 0 Å². The molecule has 0 saturated carbocycles. The molecule has 5 heteroatoms. The number of carboxylic acids is 1. The highest BCUT2D eigenvalue weighted by Gasteiger charge is 2.35. The second kappa shape index (κ2) is 5.05. The van der Waals surface area contributed by atoms with E-state index in [1.54, 1.807) is 0 Å². The minimum absolute atomic E-state index is 0.161. The maximum absolute atomic E-state index is 11.3. The zero-order chi connectivity index (χ0) is 13.1. The van der Waals surface area contributed by atoms with E-state index < -0.39 is 11.5 Å². The Bertz CT molecular complexity index is 399. The molecule has 0 radical (unpaired) electrons. The molecule has 1 unspecified atom stereocenters. The van der Waals surface area contributed by atoms with E-state index in [0.717, 1.165) is 12.5 Å². The molecule has 0 heterocycles. The normalized spacial score (nSPS) is 14.2. The molecule has 17 heavy (non-hydrogen) atoms. The van der Waals surface area contributed by atoms with Crippen molar-refractivity contribution in [1.82, 2.24) is 5.32 Å². The van der Waals surface area contributed by atoms with Gasteiger partial charge in [-0.05, 0) is 37.6 Å². The highest BCUT2D eigenvalue weighted by molar-refractivity contribution is 5.80. The molecule has 0 amide bonds. The molecule has 0 aliphatic heterocycles. The molecule has 0 spiro atoms. The molecule has 1 atom stereocenters. The summed E-state index contributed by atoms with van der Waals surface area (Å²) in [6, 6.07) is 3.82. The van der Waals surface area contributed by atoms with Gasteiger partial charge in [0.05, 0.1) is 0 Å². The quantitative estimate of drug-likeness (QED) is 0.623. The number of carbonyl (C=O) groups is 1. The average Bonchev–Trinajstić information content (AvgIpc) is 2.24. The number of aliphatic carboxylic acids is 1. The lowest BCUT2D eigenvalue weighted by molar-refractivity contribution is -0.144. The molecular weight excluding hydrogens is 222 g/mol. The largest absolute Gasteiger partial charge is 0.508 e. The number of phenolic OH excluding ortho intramolecular Hbond substituents is 2. The molecule has 1 aromatic carbocycles. The highest BCUT2D eigenvalue weighted by atomic mass is 16.4. The topological polar surface area (TPSA) is 89.8 Å². The Morgan fingerprint density at radius 3 is 2.24 bits per heavy atom. The van der Waals surface area contributed by atoms with Crippen LogP contribution >= 0.6 is 0 Å². The summed E-state index contributed by atoms with van der Waals surface area (Å²) in [5.41, 5.74) is -1.01. The van der Waals surface area contributed by atoms with E-state index in [4.69, 9.17) is 0 Å². The van der Waals surface area contributed by atoms with Gasteiger partial charge in [0.2, 0.25) is 0 Å². The lowest BCUT2D eigenvalue weighted by atomic mass is 9.91. The van der Waals surface area contributed by atoms with Crippen LogP contribution < -0.4 is 5.32 Å². The standard InChI is InChI=1S/C12H17NO4/c1-3-4-13-12(2,11(16)17)8-5-9(14)7-10(15)6-8/h5-7,13-15H,3-4H2,1-2H3,(H,16,17). The van der Waals surface area contributed by atoms with Gasteiger partial charge in [0, 0.05) is 6.07 Å². The zero-order valence-electron chi connectivity index (χ0n) is 9.90. The molecule has 0 bridgehead atoms. The summed E-state index contributed by atoms with van der Waals surface area (Å²) >= 11 is 0. The lowest BCUT2D eigenvalue weighted by Gasteiger charge is -2.27. The van der Waals surface area contributed by atoms with E-state index in [9.17, 15) is 20.1 Å². The number of phenols is 2. The fourth-order valence-electron chi connectivity index (χ4n) is 1.56. The van der Waals surface area contributed by atoms with E-state index in [-0.39, 0.29) is 11.5 Å². The molecule has 0 aliphatic rings. The Labute approximate surface area is 99.7 Å². The maximum atomic E-state index is 11.3. The number of nitrogens with one attached hydrogen (secondary N) is 1. The zero-order valence-corrected chi connectivity index (χ0v) is 9.90. The van der Waals surface area contributed by atoms with E-state index in [0.29, 0.717) is 12.1 Å². The van der Waals surface area contributed by atoms with Crippen LogP contribution in [-0.2, 0) is 10.3 Å². The van der Waals surface area contributed by atoms with Gasteiger partial charge in [0.25, 0.3) is 0 Å². The average molecular weight is 239 g/mol. The first-order chi connectivity index (χ1) is 7.90. The third kappa shape index (κ3) is 2.88. The van der Waals surface area contributed by atoms with Crippen LogP contribution in [0.5, 0.6) is 11.5 Å². The van der Waals surface area contributed by atoms with Crippen molar-refractivity contribution in [1.29, 1.82) is 0 Å². The third-order valence-corrected chi connectivity index (χ3v) is 2.64. The second-order valence-corrected chi connectivity index (χ2v) is 4.10. The van der Waals surface area contributed by atoms with Crippen molar-refractivity contribution in [2.75, 3.05) is 6.54 Å². The molecule has 4 N–H and O–H groups in total. The van der Waals surface area contributed by atoms with Crippen molar-refractivity contribution in [2.24, 2.45) is 0 Å². The van der Waals surface area contributed by atoms with Gasteiger partial charge < -0.3 is 15.3 Å². The summed E-state index contributed by atoms with van der Waals surface area (Å²) in [7, 11) is 0. The lowest BCUT2D eigenvalue weighted by Crippen LogP contribution is -2.46. The number of hydrogen-bond acceptors (Lipinski definition) is 4. The summed E-state index contributed by atoms with van der Waals surface area (Å²) in [5, 5.41) is 30.9. The molecule has 0 saturated heterocycles. The van der Waals surface area contributed by atoms with Crippen LogP contribution in [0.3, 0.4) is 0 Å². The second-order valence-electron chi connectivity index (χ2n) is 4.10. The van der Waals surface area contributed by atoms with Gasteiger partial charge in [-0.25, -0.2) is 4.79 Å². The number of benzene rings is 1. The molecular formula is C12H17NO4. The van der Waals surface area contributed by atoms with Crippen LogP contribution in [0.2, 0.25) is 0 Å². The van der Waals surface area contributed by atoms with Gasteiger partial charge in [-0.1, -0.05) is 6.92 Å². The van der Waals surface area contributed by atoms with E-state index in [1.807, 2.05) is 6.92 Å². The van der Waals surface area contributed by atoms with E-state index in [1.165, 1.54) is 19.1 Å². The summed E-state index contributed by atoms with van der Waals surface area (Å²) in [5.74, 6) is -1.38. The Kier molecular flexibility index (Phi) is 3.96. The van der Waals surface area contributed by atoms with E-state index >= 15 is 0 Å². The summed E-state index contributed by atoms with van der Waals surface area (Å²) < 4.78 is 0. The summed E-state index contributed by atoms with van der Waals surface area (Å²) in [4.78, 5) is 11.3. The maximum Gasteiger partial charge on any atom is 0.328 e. The van der Waals surface area contributed by atoms with Gasteiger partial charge >= 0.3 is 5.97 Å². The van der Waals surface area contributed by atoms with Crippen LogP contribution in [0.25, 0.3) is 0 Å². The van der Waals surface area contributed by atoms with Crippen molar-refractivity contribution in [2.45, 2.75) is 25.8 Å². The van der Waals surface area contributed by atoms with Crippen LogP contribution in [0, 0.1) is 0 Å². The van der Waals surface area contributed by atoms with Crippen molar-refractivity contribution in [3.63, 3.8) is 0 Å². The smallest absolute Gasteiger partial charge is 0.328 e. The summed E-state index contributed by atoms with van der Waals surface area (Å²) in [6.45, 7) is 3.95. The van der Waals surface area contributed by atoms with Gasteiger partial charge in [-0.2, -0.15) is 0 Å². The molecule has 0 fully saturated rings. The highest BCUT2D eigenvalue weighted by Crippen LogP contribution is 2.29. The predicted molar refractivity (Wildman–Crippen MR) is 63.1 cm³/mol. The van der Waals surface area contributed by atoms with Crippen LogP contribution in [-0.4, -0.2) is 27.8 Å².